The molecular formula is C57H36N4O. The van der Waals surface area contributed by atoms with E-state index in [1.54, 1.807) is 0 Å². The van der Waals surface area contributed by atoms with Crippen LogP contribution in [0.3, 0.4) is 0 Å². The number of rotatable bonds is 7. The molecule has 12 rings (SSSR count). The Balaban J connectivity index is 0.985. The molecule has 0 unspecified atom stereocenters. The standard InChI is InChI=1S/C57H36N4O/c1-4-15-37(16-5-1)41-19-12-21-43(35-41)56-58-55(59-57(60-56)44-22-13-20-42(36-44)38-17-6-2-7-18-38)40-31-29-39(30-32-40)46-26-14-27-49-52-51(62-54(46)49)34-33-48-47-25-10-11-28-50(47)61(53(48)52)45-23-8-3-9-24-45/h1-36H. The first-order valence-corrected chi connectivity index (χ1v) is 20.8. The molecular weight excluding hydrogens is 757 g/mol. The fourth-order valence-electron chi connectivity index (χ4n) is 8.91. The Kier molecular flexibility index (Phi) is 8.42. The van der Waals surface area contributed by atoms with E-state index in [0.29, 0.717) is 17.5 Å². The van der Waals surface area contributed by atoms with E-state index in [2.05, 4.69) is 211 Å². The first kappa shape index (κ1) is 35.5. The molecule has 0 amide bonds. The van der Waals surface area contributed by atoms with Crippen molar-refractivity contribution in [3.05, 3.63) is 218 Å². The number of benzene rings is 9. The van der Waals surface area contributed by atoms with E-state index in [9.17, 15) is 0 Å². The number of nitrogens with zero attached hydrogens (tertiary/aromatic N) is 4. The van der Waals surface area contributed by atoms with E-state index in [1.165, 1.54) is 16.3 Å². The lowest BCUT2D eigenvalue weighted by Crippen LogP contribution is -2.00. The number of hydrogen-bond donors (Lipinski definition) is 0. The molecule has 0 saturated heterocycles. The van der Waals surface area contributed by atoms with Crippen molar-refractivity contribution in [3.63, 3.8) is 0 Å². The van der Waals surface area contributed by atoms with Crippen molar-refractivity contribution in [1.82, 2.24) is 19.5 Å². The molecule has 0 N–H and O–H groups in total. The first-order valence-electron chi connectivity index (χ1n) is 20.8. The van der Waals surface area contributed by atoms with Gasteiger partial charge in [0.05, 0.1) is 16.4 Å². The zero-order valence-corrected chi connectivity index (χ0v) is 33.5. The van der Waals surface area contributed by atoms with Gasteiger partial charge in [0.25, 0.3) is 0 Å². The van der Waals surface area contributed by atoms with E-state index in [-0.39, 0.29) is 0 Å². The molecule has 290 valence electrons. The molecule has 0 aliphatic carbocycles. The van der Waals surface area contributed by atoms with Gasteiger partial charge in [-0.2, -0.15) is 0 Å². The van der Waals surface area contributed by atoms with Gasteiger partial charge in [0, 0.05) is 44.1 Å². The molecule has 0 aliphatic rings. The molecule has 0 radical (unpaired) electrons. The SMILES string of the molecule is c1ccc(-c2cccc(-c3nc(-c4ccc(-c5cccc6c5oc5ccc7c8ccccc8n(-c8ccccc8)c7c56)cc4)nc(-c4cccc(-c5ccccc5)c4)n3)c2)cc1. The summed E-state index contributed by atoms with van der Waals surface area (Å²) in [6, 6.07) is 76.1. The minimum atomic E-state index is 0.602. The fraction of sp³-hybridized carbons (Fsp3) is 0. The van der Waals surface area contributed by atoms with E-state index >= 15 is 0 Å². The number of para-hydroxylation sites is 3. The summed E-state index contributed by atoms with van der Waals surface area (Å²) in [7, 11) is 0. The Morgan fingerprint density at radius 1 is 0.339 bits per heavy atom. The van der Waals surface area contributed by atoms with E-state index in [1.807, 2.05) is 12.1 Å². The molecule has 0 spiro atoms. The quantitative estimate of drug-likeness (QED) is 0.161. The van der Waals surface area contributed by atoms with Crippen molar-refractivity contribution in [2.75, 3.05) is 0 Å². The van der Waals surface area contributed by atoms with Gasteiger partial charge in [0.15, 0.2) is 17.5 Å². The monoisotopic (exact) mass is 792 g/mol. The summed E-state index contributed by atoms with van der Waals surface area (Å²) in [6.07, 6.45) is 0. The second-order valence-electron chi connectivity index (χ2n) is 15.6. The maximum atomic E-state index is 6.81. The highest BCUT2D eigenvalue weighted by molar-refractivity contribution is 6.25. The van der Waals surface area contributed by atoms with Crippen LogP contribution in [0.15, 0.2) is 223 Å². The zero-order chi connectivity index (χ0) is 41.0. The van der Waals surface area contributed by atoms with Crippen LogP contribution in [-0.2, 0) is 0 Å². The minimum Gasteiger partial charge on any atom is -0.455 e. The van der Waals surface area contributed by atoms with Crippen LogP contribution in [0.5, 0.6) is 0 Å². The second kappa shape index (κ2) is 14.7. The number of hydrogen-bond acceptors (Lipinski definition) is 4. The van der Waals surface area contributed by atoms with Gasteiger partial charge < -0.3 is 8.98 Å². The summed E-state index contributed by atoms with van der Waals surface area (Å²) in [5.74, 6) is 1.83. The third-order valence-electron chi connectivity index (χ3n) is 11.9. The molecule has 5 heteroatoms. The van der Waals surface area contributed by atoms with Gasteiger partial charge in [-0.15, -0.1) is 0 Å². The molecule has 3 heterocycles. The van der Waals surface area contributed by atoms with Crippen LogP contribution < -0.4 is 0 Å². The Labute approximate surface area is 357 Å². The van der Waals surface area contributed by atoms with Crippen molar-refractivity contribution in [2.45, 2.75) is 0 Å². The predicted molar refractivity (Wildman–Crippen MR) is 254 cm³/mol. The predicted octanol–water partition coefficient (Wildman–Crippen LogP) is 14.9. The van der Waals surface area contributed by atoms with Crippen LogP contribution >= 0.6 is 0 Å². The van der Waals surface area contributed by atoms with Crippen LogP contribution in [0.4, 0.5) is 0 Å². The summed E-state index contributed by atoms with van der Waals surface area (Å²) < 4.78 is 9.19. The van der Waals surface area contributed by atoms with Gasteiger partial charge in [-0.05, 0) is 70.3 Å². The van der Waals surface area contributed by atoms with Crippen molar-refractivity contribution in [2.24, 2.45) is 0 Å². The molecule has 0 atom stereocenters. The molecule has 0 aliphatic heterocycles. The summed E-state index contributed by atoms with van der Waals surface area (Å²) in [4.78, 5) is 15.4. The van der Waals surface area contributed by atoms with E-state index in [0.717, 1.165) is 83.2 Å². The third-order valence-corrected chi connectivity index (χ3v) is 11.9. The molecule has 9 aromatic carbocycles. The third kappa shape index (κ3) is 6.06. The van der Waals surface area contributed by atoms with Crippen LogP contribution in [0.2, 0.25) is 0 Å². The Morgan fingerprint density at radius 3 is 1.48 bits per heavy atom. The maximum absolute atomic E-state index is 6.81. The molecule has 12 aromatic rings. The molecule has 3 aromatic heterocycles. The largest absolute Gasteiger partial charge is 0.455 e. The summed E-state index contributed by atoms with van der Waals surface area (Å²) in [6.45, 7) is 0. The lowest BCUT2D eigenvalue weighted by atomic mass is 10.00. The first-order chi connectivity index (χ1) is 30.7. The van der Waals surface area contributed by atoms with E-state index in [4.69, 9.17) is 19.4 Å². The topological polar surface area (TPSA) is 56.7 Å². The van der Waals surface area contributed by atoms with E-state index < -0.39 is 0 Å². The van der Waals surface area contributed by atoms with Crippen molar-refractivity contribution in [1.29, 1.82) is 0 Å². The highest BCUT2D eigenvalue weighted by Gasteiger charge is 2.21. The number of fused-ring (bicyclic) bond motifs is 7. The molecule has 62 heavy (non-hydrogen) atoms. The van der Waals surface area contributed by atoms with Crippen molar-refractivity contribution >= 4 is 43.7 Å². The average molecular weight is 793 g/mol. The summed E-state index contributed by atoms with van der Waals surface area (Å²) in [5.41, 5.74) is 14.4. The highest BCUT2D eigenvalue weighted by atomic mass is 16.3. The minimum absolute atomic E-state index is 0.602. The van der Waals surface area contributed by atoms with Gasteiger partial charge in [0.1, 0.15) is 11.2 Å². The average Bonchev–Trinajstić information content (AvgIpc) is 3.91. The molecule has 0 saturated carbocycles. The Bertz CT molecular complexity index is 3510. The maximum Gasteiger partial charge on any atom is 0.164 e. The van der Waals surface area contributed by atoms with Gasteiger partial charge in [-0.3, -0.25) is 0 Å². The summed E-state index contributed by atoms with van der Waals surface area (Å²) in [5, 5.41) is 4.60. The summed E-state index contributed by atoms with van der Waals surface area (Å²) >= 11 is 0. The Morgan fingerprint density at radius 2 is 0.839 bits per heavy atom. The van der Waals surface area contributed by atoms with Crippen LogP contribution in [-0.4, -0.2) is 19.5 Å². The zero-order valence-electron chi connectivity index (χ0n) is 33.5. The van der Waals surface area contributed by atoms with Gasteiger partial charge in [-0.25, -0.2) is 15.0 Å². The fourth-order valence-corrected chi connectivity index (χ4v) is 8.91. The van der Waals surface area contributed by atoms with Crippen molar-refractivity contribution in [3.8, 4) is 73.2 Å². The van der Waals surface area contributed by atoms with Crippen LogP contribution in [0, 0.1) is 0 Å². The van der Waals surface area contributed by atoms with Crippen molar-refractivity contribution < 1.29 is 4.42 Å². The molecule has 5 nitrogen and oxygen atoms in total. The van der Waals surface area contributed by atoms with Crippen LogP contribution in [0.25, 0.3) is 117 Å². The highest BCUT2D eigenvalue weighted by Crippen LogP contribution is 2.43. The van der Waals surface area contributed by atoms with Crippen LogP contribution in [0.1, 0.15) is 0 Å². The smallest absolute Gasteiger partial charge is 0.164 e. The Hall–Kier alpha value is -8.41. The molecule has 0 bridgehead atoms. The lowest BCUT2D eigenvalue weighted by Gasteiger charge is -2.11. The lowest BCUT2D eigenvalue weighted by molar-refractivity contribution is 0.670. The number of furan rings is 1. The van der Waals surface area contributed by atoms with Gasteiger partial charge in [-0.1, -0.05) is 176 Å². The molecule has 0 fully saturated rings. The normalized spacial score (nSPS) is 11.5. The van der Waals surface area contributed by atoms with Gasteiger partial charge >= 0.3 is 0 Å². The van der Waals surface area contributed by atoms with Gasteiger partial charge in [0.2, 0.25) is 0 Å². The number of aromatic nitrogens is 4. The second-order valence-corrected chi connectivity index (χ2v) is 15.6.